The highest BCUT2D eigenvalue weighted by molar-refractivity contribution is 5.91. The van der Waals surface area contributed by atoms with Gasteiger partial charge in [-0.1, -0.05) is 18.2 Å². The van der Waals surface area contributed by atoms with E-state index in [1.54, 1.807) is 0 Å². The molecular weight excluding hydrogens is 337 g/mol. The van der Waals surface area contributed by atoms with Gasteiger partial charge in [0.2, 0.25) is 5.91 Å². The molecule has 0 radical (unpaired) electrons. The van der Waals surface area contributed by atoms with Crippen LogP contribution >= 0.6 is 0 Å². The average molecular weight is 355 g/mol. The highest BCUT2D eigenvalue weighted by atomic mass is 19.1. The zero-order valence-corrected chi connectivity index (χ0v) is 14.2. The van der Waals surface area contributed by atoms with Crippen molar-refractivity contribution in [2.24, 2.45) is 0 Å². The summed E-state index contributed by atoms with van der Waals surface area (Å²) in [5.41, 5.74) is 2.12. The van der Waals surface area contributed by atoms with Gasteiger partial charge in [0.25, 0.3) is 5.69 Å². The van der Waals surface area contributed by atoms with Crippen molar-refractivity contribution in [2.75, 3.05) is 5.32 Å². The van der Waals surface area contributed by atoms with E-state index < -0.39 is 22.3 Å². The van der Waals surface area contributed by atoms with Gasteiger partial charge in [0, 0.05) is 24.0 Å². The fraction of sp³-hybridized carbons (Fsp3) is 0.211. The second-order valence-electron chi connectivity index (χ2n) is 6.11. The van der Waals surface area contributed by atoms with Crippen LogP contribution in [0.25, 0.3) is 10.9 Å². The quantitative estimate of drug-likeness (QED) is 0.509. The van der Waals surface area contributed by atoms with Gasteiger partial charge < -0.3 is 10.3 Å². The SMILES string of the molecule is CC(=O)Nc1cc(CCCc2c[nH]c3ccccc23)c(F)cc1[N+](=O)[O-]. The van der Waals surface area contributed by atoms with E-state index in [9.17, 15) is 19.3 Å². The number of halogens is 1. The van der Waals surface area contributed by atoms with Gasteiger partial charge in [0.15, 0.2) is 0 Å². The average Bonchev–Trinajstić information content (AvgIpc) is 3.00. The molecule has 0 spiro atoms. The molecule has 0 bridgehead atoms. The number of aromatic amines is 1. The Morgan fingerprint density at radius 3 is 2.69 bits per heavy atom. The Bertz CT molecular complexity index is 981. The monoisotopic (exact) mass is 355 g/mol. The number of nitro groups is 1. The number of carbonyl (C=O) groups excluding carboxylic acids is 1. The fourth-order valence-corrected chi connectivity index (χ4v) is 3.05. The van der Waals surface area contributed by atoms with Crippen molar-refractivity contribution in [3.05, 3.63) is 69.7 Å². The second-order valence-corrected chi connectivity index (χ2v) is 6.11. The minimum absolute atomic E-state index is 0.0194. The van der Waals surface area contributed by atoms with Crippen molar-refractivity contribution in [1.82, 2.24) is 4.98 Å². The molecule has 0 unspecified atom stereocenters. The molecule has 26 heavy (non-hydrogen) atoms. The first-order valence-electron chi connectivity index (χ1n) is 8.25. The zero-order valence-electron chi connectivity index (χ0n) is 14.2. The third-order valence-corrected chi connectivity index (χ3v) is 4.24. The Kier molecular flexibility index (Phi) is 4.97. The highest BCUT2D eigenvalue weighted by Crippen LogP contribution is 2.29. The molecule has 2 N–H and O–H groups in total. The number of hydrogen-bond donors (Lipinski definition) is 2. The van der Waals surface area contributed by atoms with Gasteiger partial charge >= 0.3 is 0 Å². The number of nitrogens with zero attached hydrogens (tertiary/aromatic N) is 1. The molecule has 0 saturated carbocycles. The number of aromatic nitrogens is 1. The van der Waals surface area contributed by atoms with E-state index in [0.717, 1.165) is 29.0 Å². The predicted octanol–water partition coefficient (Wildman–Crippen LogP) is 4.35. The Hall–Kier alpha value is -3.22. The van der Waals surface area contributed by atoms with Gasteiger partial charge in [-0.15, -0.1) is 0 Å². The third-order valence-electron chi connectivity index (χ3n) is 4.24. The predicted molar refractivity (Wildman–Crippen MR) is 97.7 cm³/mol. The van der Waals surface area contributed by atoms with Crippen molar-refractivity contribution in [2.45, 2.75) is 26.2 Å². The van der Waals surface area contributed by atoms with Gasteiger partial charge in [-0.25, -0.2) is 4.39 Å². The van der Waals surface area contributed by atoms with Crippen LogP contribution in [0.4, 0.5) is 15.8 Å². The first-order chi connectivity index (χ1) is 12.5. The molecule has 0 atom stereocenters. The van der Waals surface area contributed by atoms with Gasteiger partial charge in [-0.3, -0.25) is 14.9 Å². The lowest BCUT2D eigenvalue weighted by molar-refractivity contribution is -0.384. The molecule has 3 aromatic rings. The Labute approximate surface area is 149 Å². The van der Waals surface area contributed by atoms with E-state index in [-0.39, 0.29) is 5.69 Å². The lowest BCUT2D eigenvalue weighted by Crippen LogP contribution is -2.09. The number of rotatable bonds is 6. The third kappa shape index (κ3) is 3.72. The van der Waals surface area contributed by atoms with Crippen LogP contribution in [0, 0.1) is 15.9 Å². The first kappa shape index (κ1) is 17.6. The summed E-state index contributed by atoms with van der Waals surface area (Å²) >= 11 is 0. The number of nitrogens with one attached hydrogen (secondary N) is 2. The van der Waals surface area contributed by atoms with Crippen LogP contribution in [0.2, 0.25) is 0 Å². The maximum absolute atomic E-state index is 14.2. The Morgan fingerprint density at radius 1 is 1.23 bits per heavy atom. The molecule has 1 heterocycles. The number of benzene rings is 2. The van der Waals surface area contributed by atoms with Crippen molar-refractivity contribution in [3.8, 4) is 0 Å². The minimum Gasteiger partial charge on any atom is -0.361 e. The largest absolute Gasteiger partial charge is 0.361 e. The van der Waals surface area contributed by atoms with Gasteiger partial charge in [-0.2, -0.15) is 0 Å². The van der Waals surface area contributed by atoms with E-state index in [4.69, 9.17) is 0 Å². The Morgan fingerprint density at radius 2 is 1.96 bits per heavy atom. The molecule has 1 amide bonds. The number of carbonyl (C=O) groups is 1. The van der Waals surface area contributed by atoms with E-state index >= 15 is 0 Å². The standard InChI is InChI=1S/C19H18FN3O3/c1-12(24)22-18-9-13(16(20)10-19(18)23(25)26)5-4-6-14-11-21-17-8-3-2-7-15(14)17/h2-3,7-11,21H,4-6H2,1H3,(H,22,24). The van der Waals surface area contributed by atoms with Crippen LogP contribution in [-0.4, -0.2) is 15.8 Å². The molecule has 0 fully saturated rings. The summed E-state index contributed by atoms with van der Waals surface area (Å²) < 4.78 is 14.2. The summed E-state index contributed by atoms with van der Waals surface area (Å²) in [5.74, 6) is -1.07. The van der Waals surface area contributed by atoms with Crippen LogP contribution in [-0.2, 0) is 17.6 Å². The molecule has 0 aliphatic carbocycles. The highest BCUT2D eigenvalue weighted by Gasteiger charge is 2.19. The van der Waals surface area contributed by atoms with Gasteiger partial charge in [-0.05, 0) is 42.5 Å². The zero-order chi connectivity index (χ0) is 18.7. The van der Waals surface area contributed by atoms with E-state index in [0.29, 0.717) is 18.4 Å². The summed E-state index contributed by atoms with van der Waals surface area (Å²) in [6.45, 7) is 1.25. The molecule has 7 heteroatoms. The normalized spacial score (nSPS) is 10.8. The molecule has 3 rings (SSSR count). The molecule has 0 aliphatic heterocycles. The molecule has 6 nitrogen and oxygen atoms in total. The van der Waals surface area contributed by atoms with Crippen molar-refractivity contribution in [1.29, 1.82) is 0 Å². The van der Waals surface area contributed by atoms with Crippen LogP contribution in [0.3, 0.4) is 0 Å². The van der Waals surface area contributed by atoms with Crippen molar-refractivity contribution >= 4 is 28.2 Å². The lowest BCUT2D eigenvalue weighted by Gasteiger charge is -2.08. The fourth-order valence-electron chi connectivity index (χ4n) is 3.05. The number of amides is 1. The van der Waals surface area contributed by atoms with Gasteiger partial charge in [0.1, 0.15) is 11.5 Å². The maximum atomic E-state index is 14.2. The maximum Gasteiger partial charge on any atom is 0.295 e. The summed E-state index contributed by atoms with van der Waals surface area (Å²) in [7, 11) is 0. The Balaban J connectivity index is 1.76. The molecule has 0 saturated heterocycles. The van der Waals surface area contributed by atoms with Crippen LogP contribution in [0.5, 0.6) is 0 Å². The summed E-state index contributed by atoms with van der Waals surface area (Å²) in [5, 5.41) is 14.6. The van der Waals surface area contributed by atoms with Crippen molar-refractivity contribution < 1.29 is 14.1 Å². The molecule has 1 aromatic heterocycles. The van der Waals surface area contributed by atoms with Crippen molar-refractivity contribution in [3.63, 3.8) is 0 Å². The summed E-state index contributed by atoms with van der Waals surface area (Å²) in [4.78, 5) is 24.8. The number of para-hydroxylation sites is 1. The second kappa shape index (κ2) is 7.35. The van der Waals surface area contributed by atoms with Crippen LogP contribution in [0.1, 0.15) is 24.5 Å². The summed E-state index contributed by atoms with van der Waals surface area (Å²) in [6.07, 6.45) is 3.78. The number of hydrogen-bond acceptors (Lipinski definition) is 3. The lowest BCUT2D eigenvalue weighted by atomic mass is 10.0. The molecular formula is C19H18FN3O3. The molecule has 2 aromatic carbocycles. The van der Waals surface area contributed by atoms with E-state index in [2.05, 4.69) is 10.3 Å². The van der Waals surface area contributed by atoms with Crippen LogP contribution < -0.4 is 5.32 Å². The van der Waals surface area contributed by atoms with E-state index in [1.807, 2.05) is 30.5 Å². The van der Waals surface area contributed by atoms with Gasteiger partial charge in [0.05, 0.1) is 11.0 Å². The number of H-pyrrole nitrogens is 1. The molecule has 134 valence electrons. The number of anilines is 1. The number of nitro benzene ring substituents is 1. The molecule has 0 aliphatic rings. The smallest absolute Gasteiger partial charge is 0.295 e. The first-order valence-corrected chi connectivity index (χ1v) is 8.25. The topological polar surface area (TPSA) is 88.0 Å². The van der Waals surface area contributed by atoms with E-state index in [1.165, 1.54) is 13.0 Å². The number of fused-ring (bicyclic) bond motifs is 1. The minimum atomic E-state index is -0.704. The van der Waals surface area contributed by atoms with Crippen LogP contribution in [0.15, 0.2) is 42.6 Å². The summed E-state index contributed by atoms with van der Waals surface area (Å²) in [6, 6.07) is 10.2. The number of aryl methyl sites for hydroxylation is 2.